The van der Waals surface area contributed by atoms with Crippen molar-refractivity contribution in [2.75, 3.05) is 0 Å². The van der Waals surface area contributed by atoms with Crippen molar-refractivity contribution in [3.63, 3.8) is 0 Å². The topological polar surface area (TPSA) is 24.7 Å². The number of allylic oxidation sites excluding steroid dienone is 3. The monoisotopic (exact) mass is 206 g/mol. The summed E-state index contributed by atoms with van der Waals surface area (Å²) in [6.45, 7) is 13.9. The largest absolute Gasteiger partial charge is 0.288 e. The minimum Gasteiger partial charge on any atom is -0.288 e. The highest BCUT2D eigenvalue weighted by Gasteiger charge is 2.22. The van der Waals surface area contributed by atoms with Gasteiger partial charge in [0.15, 0.2) is 0 Å². The van der Waals surface area contributed by atoms with Crippen LogP contribution in [0.3, 0.4) is 0 Å². The fraction of sp³-hybridized carbons (Fsp3) is 0.538. The summed E-state index contributed by atoms with van der Waals surface area (Å²) in [5, 5.41) is 0. The van der Waals surface area contributed by atoms with Gasteiger partial charge in [-0.1, -0.05) is 18.2 Å². The lowest BCUT2D eigenvalue weighted by Crippen LogP contribution is -2.30. The third kappa shape index (κ3) is 6.00. The molecule has 0 aromatic carbocycles. The molecule has 2 nitrogen and oxygen atoms in total. The van der Waals surface area contributed by atoms with Crippen molar-refractivity contribution in [3.05, 3.63) is 24.3 Å². The lowest BCUT2D eigenvalue weighted by atomic mass is 9.97. The highest BCUT2D eigenvalue weighted by molar-refractivity contribution is 5.72. The maximum absolute atomic E-state index is 4.50. The smallest absolute Gasteiger partial charge is 0.0771 e. The van der Waals surface area contributed by atoms with E-state index in [-0.39, 0.29) is 11.6 Å². The Kier molecular flexibility index (Phi) is 5.83. The first kappa shape index (κ1) is 13.8. The van der Waals surface area contributed by atoms with Crippen LogP contribution in [0.25, 0.3) is 0 Å². The molecule has 0 saturated heterocycles. The minimum absolute atomic E-state index is 0.150. The van der Waals surface area contributed by atoms with Crippen LogP contribution in [0.5, 0.6) is 0 Å². The Morgan fingerprint density at radius 1 is 1.27 bits per heavy atom. The molecule has 0 aliphatic rings. The fourth-order valence-corrected chi connectivity index (χ4v) is 0.859. The highest BCUT2D eigenvalue weighted by Crippen LogP contribution is 2.16. The third-order valence-electron chi connectivity index (χ3n) is 2.25. The van der Waals surface area contributed by atoms with Crippen molar-refractivity contribution in [2.45, 2.75) is 46.2 Å². The second-order valence-corrected chi connectivity index (χ2v) is 4.39. The van der Waals surface area contributed by atoms with Crippen LogP contribution in [0.15, 0.2) is 34.3 Å². The first-order valence-electron chi connectivity index (χ1n) is 5.23. The number of hydrogen-bond donors (Lipinski definition) is 0. The quantitative estimate of drug-likeness (QED) is 0.616. The molecule has 0 heterocycles. The Morgan fingerprint density at radius 2 is 1.87 bits per heavy atom. The first-order chi connectivity index (χ1) is 6.90. The molecule has 15 heavy (non-hydrogen) atoms. The van der Waals surface area contributed by atoms with Gasteiger partial charge in [0.25, 0.3) is 0 Å². The van der Waals surface area contributed by atoms with Crippen LogP contribution in [-0.2, 0) is 0 Å². The molecule has 0 radical (unpaired) electrons. The van der Waals surface area contributed by atoms with Gasteiger partial charge in [0.2, 0.25) is 0 Å². The van der Waals surface area contributed by atoms with Gasteiger partial charge in [0.1, 0.15) is 0 Å². The molecule has 0 aliphatic heterocycles. The van der Waals surface area contributed by atoms with Crippen molar-refractivity contribution >= 4 is 12.4 Å². The molecule has 1 atom stereocenters. The van der Waals surface area contributed by atoms with E-state index in [1.54, 1.807) is 12.3 Å². The molecule has 0 aromatic heterocycles. The average Bonchev–Trinajstić information content (AvgIpc) is 2.13. The van der Waals surface area contributed by atoms with Gasteiger partial charge >= 0.3 is 0 Å². The van der Waals surface area contributed by atoms with Gasteiger partial charge in [-0.3, -0.25) is 9.98 Å². The summed E-state index contributed by atoms with van der Waals surface area (Å²) in [4.78, 5) is 8.83. The Bertz CT molecular complexity index is 279. The van der Waals surface area contributed by atoms with E-state index in [1.165, 1.54) is 5.57 Å². The summed E-state index contributed by atoms with van der Waals surface area (Å²) in [5.74, 6) is 0. The van der Waals surface area contributed by atoms with E-state index in [9.17, 15) is 0 Å². The number of rotatable bonds is 5. The second-order valence-electron chi connectivity index (χ2n) is 4.39. The Morgan fingerprint density at radius 3 is 2.33 bits per heavy atom. The molecule has 0 rings (SSSR count). The number of aliphatic imine (C=N–C) groups is 2. The van der Waals surface area contributed by atoms with E-state index < -0.39 is 0 Å². The van der Waals surface area contributed by atoms with Gasteiger partial charge in [-0.15, -0.1) is 0 Å². The predicted molar refractivity (Wildman–Crippen MR) is 70.2 cm³/mol. The molecule has 0 spiro atoms. The van der Waals surface area contributed by atoms with E-state index in [1.807, 2.05) is 12.3 Å². The summed E-state index contributed by atoms with van der Waals surface area (Å²) < 4.78 is 0. The van der Waals surface area contributed by atoms with Crippen molar-refractivity contribution in [3.8, 4) is 0 Å². The maximum Gasteiger partial charge on any atom is 0.0771 e. The van der Waals surface area contributed by atoms with E-state index in [0.717, 1.165) is 0 Å². The van der Waals surface area contributed by atoms with Crippen LogP contribution in [0, 0.1) is 0 Å². The van der Waals surface area contributed by atoms with Gasteiger partial charge in [0, 0.05) is 12.4 Å². The summed E-state index contributed by atoms with van der Waals surface area (Å²) in [6, 6.07) is 0.150. The average molecular weight is 206 g/mol. The molecular formula is C13H22N2. The summed E-state index contributed by atoms with van der Waals surface area (Å²) in [7, 11) is 0. The molecule has 0 saturated carbocycles. The molecule has 84 valence electrons. The van der Waals surface area contributed by atoms with E-state index in [4.69, 9.17) is 0 Å². The van der Waals surface area contributed by atoms with Crippen LogP contribution < -0.4 is 0 Å². The van der Waals surface area contributed by atoms with Gasteiger partial charge in [-0.25, -0.2) is 0 Å². The van der Waals surface area contributed by atoms with Crippen LogP contribution in [-0.4, -0.2) is 24.0 Å². The summed E-state index contributed by atoms with van der Waals surface area (Å²) in [6.07, 6.45) is 7.27. The van der Waals surface area contributed by atoms with Crippen LogP contribution in [0.2, 0.25) is 0 Å². The number of nitrogens with zero attached hydrogens (tertiary/aromatic N) is 2. The maximum atomic E-state index is 4.50. The van der Waals surface area contributed by atoms with Crippen molar-refractivity contribution in [1.82, 2.24) is 0 Å². The molecule has 0 aromatic rings. The predicted octanol–water partition coefficient (Wildman–Crippen LogP) is 3.45. The first-order valence-corrected chi connectivity index (χ1v) is 5.23. The molecular weight excluding hydrogens is 184 g/mol. The lowest BCUT2D eigenvalue weighted by molar-refractivity contribution is 0.441. The van der Waals surface area contributed by atoms with Crippen LogP contribution in [0.1, 0.15) is 34.6 Å². The van der Waals surface area contributed by atoms with Gasteiger partial charge in [0.05, 0.1) is 11.6 Å². The summed E-state index contributed by atoms with van der Waals surface area (Å²) in [5.41, 5.74) is 1.07. The molecule has 0 bridgehead atoms. The number of hydrogen-bond acceptors (Lipinski definition) is 2. The molecule has 1 unspecified atom stereocenters. The molecule has 0 N–H and O–H groups in total. The van der Waals surface area contributed by atoms with E-state index in [2.05, 4.69) is 51.2 Å². The standard InChI is InChI=1S/C13H22N2/c1-7-9-14-12(4)13(5,6)15-10-8-11(2)3/h7-10,12H,1H2,2-6H3/b14-9-,15-10-. The SMILES string of the molecule is C=C/C=N\C(C)C(C)(C)/N=C\C=C(C)C. The Balaban J connectivity index is 4.53. The Hall–Kier alpha value is -1.18. The zero-order valence-corrected chi connectivity index (χ0v) is 10.5. The van der Waals surface area contributed by atoms with Crippen molar-refractivity contribution in [2.24, 2.45) is 9.98 Å². The van der Waals surface area contributed by atoms with Crippen LogP contribution in [0.4, 0.5) is 0 Å². The molecule has 0 fully saturated rings. The summed E-state index contributed by atoms with van der Waals surface area (Å²) >= 11 is 0. The molecule has 0 amide bonds. The van der Waals surface area contributed by atoms with Gasteiger partial charge < -0.3 is 0 Å². The van der Waals surface area contributed by atoms with Crippen LogP contribution >= 0.6 is 0 Å². The van der Waals surface area contributed by atoms with Crippen molar-refractivity contribution in [1.29, 1.82) is 0 Å². The molecule has 0 aliphatic carbocycles. The van der Waals surface area contributed by atoms with E-state index >= 15 is 0 Å². The van der Waals surface area contributed by atoms with Gasteiger partial charge in [-0.05, 0) is 40.7 Å². The zero-order valence-electron chi connectivity index (χ0n) is 10.5. The highest BCUT2D eigenvalue weighted by atomic mass is 14.9. The minimum atomic E-state index is -0.175. The van der Waals surface area contributed by atoms with E-state index in [0.29, 0.717) is 0 Å². The molecule has 2 heteroatoms. The van der Waals surface area contributed by atoms with Gasteiger partial charge in [-0.2, -0.15) is 0 Å². The lowest BCUT2D eigenvalue weighted by Gasteiger charge is -2.23. The normalized spacial score (nSPS) is 14.5. The zero-order chi connectivity index (χ0) is 11.9. The third-order valence-corrected chi connectivity index (χ3v) is 2.25. The fourth-order valence-electron chi connectivity index (χ4n) is 0.859. The Labute approximate surface area is 93.5 Å². The van der Waals surface area contributed by atoms with Crippen molar-refractivity contribution < 1.29 is 0 Å². The second kappa shape index (κ2) is 6.33.